The number of fused-ring (bicyclic) bond motifs is 3. The van der Waals surface area contributed by atoms with Crippen LogP contribution in [-0.4, -0.2) is 59.5 Å². The number of carbonyl (C=O) groups is 1. The molecule has 0 saturated carbocycles. The molecule has 1 unspecified atom stereocenters. The molecule has 3 aromatic rings. The summed E-state index contributed by atoms with van der Waals surface area (Å²) in [6.07, 6.45) is 2.90. The zero-order valence-corrected chi connectivity index (χ0v) is 21.5. The second kappa shape index (κ2) is 9.89. The van der Waals surface area contributed by atoms with Crippen molar-refractivity contribution in [2.75, 3.05) is 39.2 Å². The molecule has 10 heteroatoms. The van der Waals surface area contributed by atoms with Gasteiger partial charge in [0.15, 0.2) is 5.16 Å². The number of thioether (sulfide) groups is 1. The highest BCUT2D eigenvalue weighted by molar-refractivity contribution is 7.99. The summed E-state index contributed by atoms with van der Waals surface area (Å²) in [5, 5.41) is 1.63. The molecule has 0 N–H and O–H groups in total. The van der Waals surface area contributed by atoms with E-state index >= 15 is 0 Å². The molecule has 1 amide bonds. The van der Waals surface area contributed by atoms with E-state index in [9.17, 15) is 9.59 Å². The summed E-state index contributed by atoms with van der Waals surface area (Å²) in [5.74, 6) is 1.30. The van der Waals surface area contributed by atoms with E-state index in [4.69, 9.17) is 26.1 Å². The van der Waals surface area contributed by atoms with E-state index in [0.717, 1.165) is 29.7 Å². The number of halogens is 1. The lowest BCUT2D eigenvalue weighted by molar-refractivity contribution is -0.132. The van der Waals surface area contributed by atoms with E-state index in [1.54, 1.807) is 46.1 Å². The summed E-state index contributed by atoms with van der Waals surface area (Å²) < 4.78 is 12.5. The van der Waals surface area contributed by atoms with Crippen molar-refractivity contribution in [1.29, 1.82) is 0 Å². The van der Waals surface area contributed by atoms with E-state index in [2.05, 4.69) is 6.92 Å². The highest BCUT2D eigenvalue weighted by Crippen LogP contribution is 2.38. The van der Waals surface area contributed by atoms with Crippen LogP contribution in [0.15, 0.2) is 28.2 Å². The maximum atomic E-state index is 14.0. The van der Waals surface area contributed by atoms with Crippen LogP contribution in [-0.2, 0) is 22.4 Å². The molecule has 7 nitrogen and oxygen atoms in total. The average molecular weight is 520 g/mol. The van der Waals surface area contributed by atoms with Crippen LogP contribution in [0.5, 0.6) is 5.75 Å². The van der Waals surface area contributed by atoms with Gasteiger partial charge in [0.1, 0.15) is 10.6 Å². The Morgan fingerprint density at radius 2 is 2.15 bits per heavy atom. The quantitative estimate of drug-likeness (QED) is 0.372. The molecule has 34 heavy (non-hydrogen) atoms. The average Bonchev–Trinajstić information content (AvgIpc) is 3.20. The second-order valence-corrected chi connectivity index (χ2v) is 11.1. The number of nitrogens with zero attached hydrogens (tertiary/aromatic N) is 3. The first-order valence-electron chi connectivity index (χ1n) is 11.4. The lowest BCUT2D eigenvalue weighted by Crippen LogP contribution is -2.41. The van der Waals surface area contributed by atoms with Crippen LogP contribution >= 0.6 is 34.7 Å². The first-order valence-corrected chi connectivity index (χ1v) is 13.5. The summed E-state index contributed by atoms with van der Waals surface area (Å²) in [6.45, 7) is 4.50. The van der Waals surface area contributed by atoms with Gasteiger partial charge in [-0.1, -0.05) is 30.3 Å². The number of aromatic nitrogens is 2. The number of carbonyl (C=O) groups excluding carboxylic acids is 1. The third-order valence-electron chi connectivity index (χ3n) is 6.37. The van der Waals surface area contributed by atoms with Crippen molar-refractivity contribution in [3.8, 4) is 11.4 Å². The number of aryl methyl sites for hydroxylation is 1. The van der Waals surface area contributed by atoms with Crippen molar-refractivity contribution in [2.24, 2.45) is 5.92 Å². The van der Waals surface area contributed by atoms with Gasteiger partial charge in [0.05, 0.1) is 37.2 Å². The van der Waals surface area contributed by atoms with Gasteiger partial charge in [0.2, 0.25) is 5.91 Å². The summed E-state index contributed by atoms with van der Waals surface area (Å²) in [7, 11) is 1.56. The predicted molar refractivity (Wildman–Crippen MR) is 136 cm³/mol. The fraction of sp³-hybridized carbons (Fsp3) is 0.458. The number of thiophene rings is 1. The molecule has 5 rings (SSSR count). The lowest BCUT2D eigenvalue weighted by Gasteiger charge is -2.26. The van der Waals surface area contributed by atoms with E-state index in [-0.39, 0.29) is 17.2 Å². The molecular weight excluding hydrogens is 494 g/mol. The van der Waals surface area contributed by atoms with Crippen LogP contribution in [0, 0.1) is 5.92 Å². The smallest absolute Gasteiger partial charge is 0.267 e. The Labute approximate surface area is 211 Å². The summed E-state index contributed by atoms with van der Waals surface area (Å²) in [4.78, 5) is 35.5. The number of amides is 1. The van der Waals surface area contributed by atoms with Crippen LogP contribution < -0.4 is 10.3 Å². The Morgan fingerprint density at radius 1 is 1.35 bits per heavy atom. The third-order valence-corrected chi connectivity index (χ3v) is 8.68. The SMILES string of the molecule is COc1ccc(Cl)cc1-n1c(SCC(=O)N2CCOCC2)nc2sc3c(c2c1=O)CCC(C)C3. The Kier molecular flexibility index (Phi) is 6.88. The number of hydrogen-bond acceptors (Lipinski definition) is 7. The van der Waals surface area contributed by atoms with Gasteiger partial charge in [-0.05, 0) is 48.9 Å². The highest BCUT2D eigenvalue weighted by atomic mass is 35.5. The van der Waals surface area contributed by atoms with Crippen LogP contribution in [0.3, 0.4) is 0 Å². The normalized spacial score (nSPS) is 18.2. The van der Waals surface area contributed by atoms with Gasteiger partial charge < -0.3 is 14.4 Å². The van der Waals surface area contributed by atoms with E-state index in [1.807, 2.05) is 0 Å². The standard InChI is InChI=1S/C24H26ClN3O4S2/c1-14-3-5-16-19(11-14)34-22-21(16)23(30)28(17-12-15(25)4-6-18(17)31-2)24(26-22)33-13-20(29)27-7-9-32-10-8-27/h4,6,12,14H,3,5,7-11,13H2,1-2H3. The molecule has 3 heterocycles. The fourth-order valence-corrected chi connectivity index (χ4v) is 7.05. The molecule has 1 aliphatic carbocycles. The van der Waals surface area contributed by atoms with Gasteiger partial charge >= 0.3 is 0 Å². The minimum absolute atomic E-state index is 0.00607. The number of ether oxygens (including phenoxy) is 2. The van der Waals surface area contributed by atoms with Gasteiger partial charge in [-0.25, -0.2) is 4.98 Å². The summed E-state index contributed by atoms with van der Waals surface area (Å²) >= 11 is 9.19. The van der Waals surface area contributed by atoms with Crippen molar-refractivity contribution in [2.45, 2.75) is 31.3 Å². The Balaban J connectivity index is 1.62. The molecule has 1 saturated heterocycles. The predicted octanol–water partition coefficient (Wildman–Crippen LogP) is 4.18. The summed E-state index contributed by atoms with van der Waals surface area (Å²) in [6, 6.07) is 5.18. The monoisotopic (exact) mass is 519 g/mol. The van der Waals surface area contributed by atoms with Gasteiger partial charge in [0.25, 0.3) is 5.56 Å². The Hall–Kier alpha value is -2.07. The Bertz CT molecular complexity index is 1300. The minimum atomic E-state index is -0.140. The molecule has 180 valence electrons. The van der Waals surface area contributed by atoms with E-state index in [1.165, 1.54) is 16.6 Å². The highest BCUT2D eigenvalue weighted by Gasteiger charge is 2.27. The number of benzene rings is 1. The molecule has 1 aliphatic heterocycles. The zero-order chi connectivity index (χ0) is 23.8. The first-order chi connectivity index (χ1) is 16.5. The fourth-order valence-electron chi connectivity index (χ4n) is 4.55. The van der Waals surface area contributed by atoms with Crippen LogP contribution in [0.4, 0.5) is 0 Å². The van der Waals surface area contributed by atoms with Gasteiger partial charge in [-0.2, -0.15) is 0 Å². The molecule has 2 aliphatic rings. The van der Waals surface area contributed by atoms with Crippen LogP contribution in [0.2, 0.25) is 5.02 Å². The minimum Gasteiger partial charge on any atom is -0.495 e. The maximum Gasteiger partial charge on any atom is 0.267 e. The summed E-state index contributed by atoms with van der Waals surface area (Å²) in [5.41, 5.74) is 1.50. The molecule has 1 atom stereocenters. The molecular formula is C24H26ClN3O4S2. The largest absolute Gasteiger partial charge is 0.495 e. The van der Waals surface area contributed by atoms with Crippen molar-refractivity contribution >= 4 is 50.8 Å². The topological polar surface area (TPSA) is 73.7 Å². The zero-order valence-electron chi connectivity index (χ0n) is 19.1. The lowest BCUT2D eigenvalue weighted by atomic mass is 9.89. The molecule has 0 bridgehead atoms. The molecule has 0 spiro atoms. The van der Waals surface area contributed by atoms with Gasteiger partial charge in [0, 0.05) is 23.0 Å². The molecule has 0 radical (unpaired) electrons. The number of rotatable bonds is 5. The number of hydrogen-bond donors (Lipinski definition) is 0. The van der Waals surface area contributed by atoms with E-state index < -0.39 is 0 Å². The van der Waals surface area contributed by atoms with Crippen LogP contribution in [0.25, 0.3) is 15.9 Å². The van der Waals surface area contributed by atoms with Gasteiger partial charge in [-0.15, -0.1) is 11.3 Å². The van der Waals surface area contributed by atoms with Crippen molar-refractivity contribution in [3.63, 3.8) is 0 Å². The maximum absolute atomic E-state index is 14.0. The number of morpholine rings is 1. The molecule has 2 aromatic heterocycles. The molecule has 1 aromatic carbocycles. The van der Waals surface area contributed by atoms with Crippen LogP contribution in [0.1, 0.15) is 23.8 Å². The third kappa shape index (κ3) is 4.46. The van der Waals surface area contributed by atoms with E-state index in [0.29, 0.717) is 59.2 Å². The molecule has 1 fully saturated rings. The number of methoxy groups -OCH3 is 1. The first kappa shape index (κ1) is 23.7. The van der Waals surface area contributed by atoms with Crippen molar-refractivity contribution < 1.29 is 14.3 Å². The second-order valence-electron chi connectivity index (χ2n) is 8.66. The Morgan fingerprint density at radius 3 is 2.91 bits per heavy atom. The van der Waals surface area contributed by atoms with Crippen molar-refractivity contribution in [1.82, 2.24) is 14.5 Å². The van der Waals surface area contributed by atoms with Crippen molar-refractivity contribution in [3.05, 3.63) is 44.0 Å². The van der Waals surface area contributed by atoms with Gasteiger partial charge in [-0.3, -0.25) is 14.2 Å².